The van der Waals surface area contributed by atoms with Crippen molar-refractivity contribution in [3.05, 3.63) is 52.8 Å². The largest absolute Gasteiger partial charge is 0.385 e. The van der Waals surface area contributed by atoms with Crippen molar-refractivity contribution >= 4 is 28.9 Å². The Morgan fingerprint density at radius 1 is 1.29 bits per heavy atom. The second-order valence-corrected chi connectivity index (χ2v) is 5.20. The van der Waals surface area contributed by atoms with Crippen LogP contribution in [0.1, 0.15) is 29.4 Å². The van der Waals surface area contributed by atoms with Gasteiger partial charge in [0.2, 0.25) is 0 Å². The fraction of sp³-hybridized carbons (Fsp3) is 0.250. The molecule has 0 spiro atoms. The molecule has 0 fully saturated rings. The molecule has 0 atom stereocenters. The van der Waals surface area contributed by atoms with Gasteiger partial charge in [-0.2, -0.15) is 0 Å². The molecule has 0 saturated carbocycles. The first-order chi connectivity index (χ1) is 10.1. The molecular weight excluding hydrogens is 286 g/mol. The highest BCUT2D eigenvalue weighted by Crippen LogP contribution is 2.23. The molecule has 21 heavy (non-hydrogen) atoms. The van der Waals surface area contributed by atoms with Crippen LogP contribution < -0.4 is 10.6 Å². The topological polar surface area (TPSA) is 54.0 Å². The van der Waals surface area contributed by atoms with Gasteiger partial charge in [-0.15, -0.1) is 0 Å². The Hall–Kier alpha value is -2.07. The minimum Gasteiger partial charge on any atom is -0.385 e. The lowest BCUT2D eigenvalue weighted by atomic mass is 10.2. The van der Waals surface area contributed by atoms with Crippen molar-refractivity contribution in [1.82, 2.24) is 4.98 Å². The van der Waals surface area contributed by atoms with Crippen molar-refractivity contribution < 1.29 is 4.79 Å². The lowest BCUT2D eigenvalue weighted by molar-refractivity contribution is 0.102. The Morgan fingerprint density at radius 3 is 2.86 bits per heavy atom. The maximum absolute atomic E-state index is 12.2. The van der Waals surface area contributed by atoms with Crippen LogP contribution in [0.4, 0.5) is 11.4 Å². The number of benzene rings is 1. The minimum atomic E-state index is -0.275. The number of halogens is 1. The molecular formula is C16H18ClN3O. The molecule has 0 aliphatic heterocycles. The quantitative estimate of drug-likeness (QED) is 0.873. The molecule has 0 unspecified atom stereocenters. The second kappa shape index (κ2) is 7.09. The van der Waals surface area contributed by atoms with Crippen LogP contribution in [0.2, 0.25) is 5.02 Å². The SMILES string of the molecule is CCCNc1ccnc(C(=O)Nc2cc(C)ccc2Cl)c1. The Labute approximate surface area is 129 Å². The van der Waals surface area contributed by atoms with E-state index in [-0.39, 0.29) is 5.91 Å². The molecule has 1 amide bonds. The number of nitrogens with zero attached hydrogens (tertiary/aromatic N) is 1. The molecule has 0 bridgehead atoms. The Balaban J connectivity index is 2.14. The van der Waals surface area contributed by atoms with E-state index < -0.39 is 0 Å². The number of hydrogen-bond acceptors (Lipinski definition) is 3. The van der Waals surface area contributed by atoms with Crippen molar-refractivity contribution in [3.63, 3.8) is 0 Å². The number of nitrogens with one attached hydrogen (secondary N) is 2. The first kappa shape index (κ1) is 15.3. The molecule has 5 heteroatoms. The molecule has 1 heterocycles. The van der Waals surface area contributed by atoms with Crippen LogP contribution in [0.5, 0.6) is 0 Å². The lowest BCUT2D eigenvalue weighted by Crippen LogP contribution is -2.14. The zero-order valence-electron chi connectivity index (χ0n) is 12.1. The van der Waals surface area contributed by atoms with Crippen LogP contribution in [0, 0.1) is 6.92 Å². The van der Waals surface area contributed by atoms with Crippen LogP contribution in [0.3, 0.4) is 0 Å². The molecule has 1 aromatic heterocycles. The molecule has 0 radical (unpaired) electrons. The average Bonchev–Trinajstić information content (AvgIpc) is 2.49. The van der Waals surface area contributed by atoms with Crippen LogP contribution in [-0.2, 0) is 0 Å². The summed E-state index contributed by atoms with van der Waals surface area (Å²) < 4.78 is 0. The highest BCUT2D eigenvalue weighted by atomic mass is 35.5. The predicted molar refractivity (Wildman–Crippen MR) is 87.2 cm³/mol. The third-order valence-corrected chi connectivity index (χ3v) is 3.27. The smallest absolute Gasteiger partial charge is 0.274 e. The molecule has 110 valence electrons. The summed E-state index contributed by atoms with van der Waals surface area (Å²) in [5.74, 6) is -0.275. The molecule has 0 saturated heterocycles. The second-order valence-electron chi connectivity index (χ2n) is 4.79. The van der Waals surface area contributed by atoms with Gasteiger partial charge in [0.05, 0.1) is 10.7 Å². The van der Waals surface area contributed by atoms with E-state index in [0.717, 1.165) is 24.2 Å². The lowest BCUT2D eigenvalue weighted by Gasteiger charge is -2.09. The maximum atomic E-state index is 12.2. The van der Waals surface area contributed by atoms with Gasteiger partial charge in [0.1, 0.15) is 5.69 Å². The number of carbonyl (C=O) groups excluding carboxylic acids is 1. The number of pyridine rings is 1. The number of rotatable bonds is 5. The molecule has 1 aromatic carbocycles. The van der Waals surface area contributed by atoms with Gasteiger partial charge in [0.15, 0.2) is 0 Å². The maximum Gasteiger partial charge on any atom is 0.274 e. The van der Waals surface area contributed by atoms with E-state index in [9.17, 15) is 4.79 Å². The van der Waals surface area contributed by atoms with E-state index in [1.165, 1.54) is 0 Å². The van der Waals surface area contributed by atoms with Crippen molar-refractivity contribution in [2.24, 2.45) is 0 Å². The monoisotopic (exact) mass is 303 g/mol. The molecule has 0 aliphatic carbocycles. The first-order valence-electron chi connectivity index (χ1n) is 6.87. The van der Waals surface area contributed by atoms with E-state index in [0.29, 0.717) is 16.4 Å². The Bertz CT molecular complexity index is 643. The third kappa shape index (κ3) is 4.20. The Morgan fingerprint density at radius 2 is 2.10 bits per heavy atom. The van der Waals surface area contributed by atoms with Gasteiger partial charge < -0.3 is 10.6 Å². The fourth-order valence-corrected chi connectivity index (χ4v) is 2.02. The number of anilines is 2. The molecule has 2 rings (SSSR count). The van der Waals surface area contributed by atoms with E-state index in [2.05, 4.69) is 22.5 Å². The minimum absolute atomic E-state index is 0.275. The predicted octanol–water partition coefficient (Wildman–Crippen LogP) is 4.12. The molecule has 2 aromatic rings. The van der Waals surface area contributed by atoms with Crippen molar-refractivity contribution in [2.75, 3.05) is 17.2 Å². The van der Waals surface area contributed by atoms with Gasteiger partial charge in [0, 0.05) is 18.4 Å². The average molecular weight is 304 g/mol. The van der Waals surface area contributed by atoms with Gasteiger partial charge in [-0.3, -0.25) is 9.78 Å². The molecule has 4 nitrogen and oxygen atoms in total. The molecule has 0 aliphatic rings. The van der Waals surface area contributed by atoms with E-state index in [4.69, 9.17) is 11.6 Å². The zero-order chi connectivity index (χ0) is 15.2. The van der Waals surface area contributed by atoms with E-state index in [1.54, 1.807) is 18.3 Å². The molecule has 2 N–H and O–H groups in total. The highest BCUT2D eigenvalue weighted by molar-refractivity contribution is 6.33. The highest BCUT2D eigenvalue weighted by Gasteiger charge is 2.10. The van der Waals surface area contributed by atoms with Crippen molar-refractivity contribution in [3.8, 4) is 0 Å². The summed E-state index contributed by atoms with van der Waals surface area (Å²) in [6.07, 6.45) is 2.63. The Kier molecular flexibility index (Phi) is 5.17. The normalized spacial score (nSPS) is 10.2. The number of aryl methyl sites for hydroxylation is 1. The fourth-order valence-electron chi connectivity index (χ4n) is 1.86. The van der Waals surface area contributed by atoms with Crippen LogP contribution in [0.15, 0.2) is 36.5 Å². The van der Waals surface area contributed by atoms with Gasteiger partial charge in [-0.1, -0.05) is 24.6 Å². The van der Waals surface area contributed by atoms with Crippen LogP contribution in [-0.4, -0.2) is 17.4 Å². The standard InChI is InChI=1S/C16H18ClN3O/c1-3-7-18-12-6-8-19-15(10-12)16(21)20-14-9-11(2)4-5-13(14)17/h4-6,8-10H,3,7H2,1-2H3,(H,18,19)(H,20,21). The van der Waals surface area contributed by atoms with Crippen LogP contribution in [0.25, 0.3) is 0 Å². The van der Waals surface area contributed by atoms with Crippen molar-refractivity contribution in [1.29, 1.82) is 0 Å². The van der Waals surface area contributed by atoms with Gasteiger partial charge >= 0.3 is 0 Å². The number of carbonyl (C=O) groups is 1. The van der Waals surface area contributed by atoms with Gasteiger partial charge in [-0.25, -0.2) is 0 Å². The van der Waals surface area contributed by atoms with Gasteiger partial charge in [-0.05, 0) is 43.2 Å². The summed E-state index contributed by atoms with van der Waals surface area (Å²) in [7, 11) is 0. The summed E-state index contributed by atoms with van der Waals surface area (Å²) >= 11 is 6.08. The zero-order valence-corrected chi connectivity index (χ0v) is 12.9. The number of amides is 1. The summed E-state index contributed by atoms with van der Waals surface area (Å²) in [6, 6.07) is 9.06. The number of aromatic nitrogens is 1. The van der Waals surface area contributed by atoms with Crippen LogP contribution >= 0.6 is 11.6 Å². The first-order valence-corrected chi connectivity index (χ1v) is 7.25. The van der Waals surface area contributed by atoms with E-state index in [1.807, 2.05) is 25.1 Å². The summed E-state index contributed by atoms with van der Waals surface area (Å²) in [6.45, 7) is 4.88. The third-order valence-electron chi connectivity index (χ3n) is 2.94. The summed E-state index contributed by atoms with van der Waals surface area (Å²) in [4.78, 5) is 16.3. The summed E-state index contributed by atoms with van der Waals surface area (Å²) in [5, 5.41) is 6.53. The van der Waals surface area contributed by atoms with Crippen molar-refractivity contribution in [2.45, 2.75) is 20.3 Å². The van der Waals surface area contributed by atoms with Gasteiger partial charge in [0.25, 0.3) is 5.91 Å². The summed E-state index contributed by atoms with van der Waals surface area (Å²) in [5.41, 5.74) is 2.86. The number of hydrogen-bond donors (Lipinski definition) is 2. The van der Waals surface area contributed by atoms with E-state index >= 15 is 0 Å².